The molecule has 1 heterocycles. The number of aryl methyl sites for hydroxylation is 2. The number of phenols is 1. The summed E-state index contributed by atoms with van der Waals surface area (Å²) >= 11 is 0. The number of carbonyl (C=O) groups excluding carboxylic acids is 1. The normalized spacial score (nSPS) is 35.2. The summed E-state index contributed by atoms with van der Waals surface area (Å²) in [5.74, 6) is 1.30. The van der Waals surface area contributed by atoms with E-state index in [1.54, 1.807) is 12.1 Å². The van der Waals surface area contributed by atoms with Crippen molar-refractivity contribution in [2.24, 2.45) is 22.2 Å². The number of Topliss-reactive ketones (excluding diaryl/α,β-unsaturated/α-hetero) is 1. The van der Waals surface area contributed by atoms with Gasteiger partial charge >= 0.3 is 0 Å². The Kier molecular flexibility index (Phi) is 5.00. The number of fused-ring (bicyclic) bond motifs is 3. The molecule has 32 heavy (non-hydrogen) atoms. The quantitative estimate of drug-likeness (QED) is 0.527. The van der Waals surface area contributed by atoms with Gasteiger partial charge in [-0.25, -0.2) is 0 Å². The van der Waals surface area contributed by atoms with Crippen LogP contribution in [-0.4, -0.2) is 26.7 Å². The maximum Gasteiger partial charge on any atom is 0.137 e. The molecule has 3 aliphatic rings. The first kappa shape index (κ1) is 22.8. The molecular formula is C27H36O5. The third-order valence-electron chi connectivity index (χ3n) is 8.97. The van der Waals surface area contributed by atoms with Gasteiger partial charge < -0.3 is 20.1 Å². The molecule has 1 saturated carbocycles. The number of carbonyl (C=O) groups is 1. The Morgan fingerprint density at radius 1 is 1.09 bits per heavy atom. The van der Waals surface area contributed by atoms with Crippen LogP contribution in [0, 0.1) is 29.1 Å². The van der Waals surface area contributed by atoms with E-state index in [0.29, 0.717) is 25.7 Å². The Hall–Kier alpha value is -2.43. The zero-order valence-electron chi connectivity index (χ0n) is 20.1. The summed E-state index contributed by atoms with van der Waals surface area (Å²) in [4.78, 5) is 13.4. The Balaban J connectivity index is 1.56. The molecule has 4 atom stereocenters. The molecule has 5 nitrogen and oxygen atoms in total. The molecule has 3 N–H and O–H groups in total. The highest BCUT2D eigenvalue weighted by atomic mass is 16.5. The van der Waals surface area contributed by atoms with Gasteiger partial charge in [0.05, 0.1) is 5.76 Å². The number of hydrogen-bond donors (Lipinski definition) is 3. The number of rotatable bonds is 4. The lowest BCUT2D eigenvalue weighted by Crippen LogP contribution is -2.44. The fourth-order valence-corrected chi connectivity index (χ4v) is 6.63. The topological polar surface area (TPSA) is 87.0 Å². The first-order chi connectivity index (χ1) is 14.7. The summed E-state index contributed by atoms with van der Waals surface area (Å²) in [5.41, 5.74) is 0.0970. The standard InChI is InChI=1S/C27H36O5/c1-16-9-18(28)10-17-7-8-26(5,32-23(16)17)13-20(30)12-25(4)15-21-22(31)11-19(29)14-27(25,6)24(21,2)3/h9-11,14,21,28-29,31H,7-8,12-13,15H2,1-6H3. The molecule has 5 heteroatoms. The monoisotopic (exact) mass is 440 g/mol. The molecule has 1 aromatic carbocycles. The van der Waals surface area contributed by atoms with Crippen molar-refractivity contribution in [3.63, 3.8) is 0 Å². The van der Waals surface area contributed by atoms with Crippen LogP contribution in [0.4, 0.5) is 0 Å². The highest BCUT2D eigenvalue weighted by Crippen LogP contribution is 2.69. The second-order valence-corrected chi connectivity index (χ2v) is 11.6. The van der Waals surface area contributed by atoms with Gasteiger partial charge in [0.1, 0.15) is 28.6 Å². The van der Waals surface area contributed by atoms with Gasteiger partial charge in [-0.2, -0.15) is 0 Å². The molecule has 4 rings (SSSR count). The SMILES string of the molecule is Cc1cc(O)cc2c1OC(C)(CC(=O)CC1(C)CC3C(O)=CC(O)=CC1(C)C3(C)C)CC2. The zero-order chi connectivity index (χ0) is 23.7. The van der Waals surface area contributed by atoms with Crippen molar-refractivity contribution in [1.29, 1.82) is 0 Å². The average molecular weight is 441 g/mol. The predicted octanol–water partition coefficient (Wildman–Crippen LogP) is 6.09. The molecule has 174 valence electrons. The number of aliphatic hydroxyl groups is 2. The maximum atomic E-state index is 13.4. The predicted molar refractivity (Wildman–Crippen MR) is 124 cm³/mol. The molecule has 0 radical (unpaired) electrons. The van der Waals surface area contributed by atoms with Gasteiger partial charge in [-0.15, -0.1) is 0 Å². The third-order valence-corrected chi connectivity index (χ3v) is 8.97. The number of allylic oxidation sites excluding steroid dienone is 3. The van der Waals surface area contributed by atoms with Crippen LogP contribution >= 0.6 is 0 Å². The molecule has 0 aromatic heterocycles. The highest BCUT2D eigenvalue weighted by Gasteiger charge is 2.64. The number of aliphatic hydroxyl groups excluding tert-OH is 2. The van der Waals surface area contributed by atoms with Crippen LogP contribution in [0.1, 0.15) is 71.4 Å². The molecule has 0 saturated heterocycles. The van der Waals surface area contributed by atoms with Crippen molar-refractivity contribution < 1.29 is 24.9 Å². The van der Waals surface area contributed by atoms with Crippen LogP contribution in [0.15, 0.2) is 35.8 Å². The Bertz CT molecular complexity index is 1030. The Morgan fingerprint density at radius 3 is 2.47 bits per heavy atom. The molecule has 1 fully saturated rings. The molecule has 1 aromatic rings. The van der Waals surface area contributed by atoms with Crippen LogP contribution in [0.3, 0.4) is 0 Å². The lowest BCUT2D eigenvalue weighted by Gasteiger charge is -2.47. The van der Waals surface area contributed by atoms with Crippen molar-refractivity contribution in [2.45, 2.75) is 79.2 Å². The number of aromatic hydroxyl groups is 1. The second kappa shape index (κ2) is 7.03. The van der Waals surface area contributed by atoms with E-state index >= 15 is 0 Å². The minimum absolute atomic E-state index is 0.0665. The fraction of sp³-hybridized carbons (Fsp3) is 0.593. The molecule has 4 unspecified atom stereocenters. The van der Waals surface area contributed by atoms with Crippen molar-refractivity contribution in [3.8, 4) is 11.5 Å². The molecule has 0 amide bonds. The summed E-state index contributed by atoms with van der Waals surface area (Å²) in [5, 5.41) is 30.9. The summed E-state index contributed by atoms with van der Waals surface area (Å²) in [7, 11) is 0. The van der Waals surface area contributed by atoms with Crippen molar-refractivity contribution in [1.82, 2.24) is 0 Å². The smallest absolute Gasteiger partial charge is 0.137 e. The van der Waals surface area contributed by atoms with Gasteiger partial charge in [0.2, 0.25) is 0 Å². The number of ketones is 1. The van der Waals surface area contributed by atoms with Crippen molar-refractivity contribution >= 4 is 5.78 Å². The molecule has 2 bridgehead atoms. The lowest BCUT2D eigenvalue weighted by molar-refractivity contribution is -0.127. The Morgan fingerprint density at radius 2 is 1.78 bits per heavy atom. The van der Waals surface area contributed by atoms with Crippen LogP contribution in [0.25, 0.3) is 0 Å². The van der Waals surface area contributed by atoms with E-state index < -0.39 is 16.4 Å². The highest BCUT2D eigenvalue weighted by molar-refractivity contribution is 5.80. The number of phenolic OH excluding ortho intramolecular Hbond substituents is 1. The van der Waals surface area contributed by atoms with Gasteiger partial charge in [-0.3, -0.25) is 4.79 Å². The van der Waals surface area contributed by atoms with E-state index in [9.17, 15) is 20.1 Å². The maximum absolute atomic E-state index is 13.4. The van der Waals surface area contributed by atoms with Crippen molar-refractivity contribution in [2.75, 3.05) is 0 Å². The first-order valence-corrected chi connectivity index (χ1v) is 11.6. The van der Waals surface area contributed by atoms with Crippen LogP contribution in [-0.2, 0) is 11.2 Å². The molecule has 0 spiro atoms. The first-order valence-electron chi connectivity index (χ1n) is 11.6. The largest absolute Gasteiger partial charge is 0.512 e. The third kappa shape index (κ3) is 3.32. The van der Waals surface area contributed by atoms with Gasteiger partial charge in [-0.1, -0.05) is 27.7 Å². The van der Waals surface area contributed by atoms with E-state index in [0.717, 1.165) is 23.3 Å². The summed E-state index contributed by atoms with van der Waals surface area (Å²) in [6.07, 6.45) is 6.12. The fourth-order valence-electron chi connectivity index (χ4n) is 6.63. The van der Waals surface area contributed by atoms with E-state index in [-0.39, 0.29) is 34.4 Å². The molecular weight excluding hydrogens is 404 g/mol. The number of ether oxygens (including phenoxy) is 1. The molecule has 1 aliphatic heterocycles. The van der Waals surface area contributed by atoms with E-state index in [4.69, 9.17) is 4.74 Å². The van der Waals surface area contributed by atoms with E-state index in [1.165, 1.54) is 6.08 Å². The van der Waals surface area contributed by atoms with E-state index in [1.807, 2.05) is 19.9 Å². The summed E-state index contributed by atoms with van der Waals surface area (Å²) < 4.78 is 6.35. The number of hydrogen-bond acceptors (Lipinski definition) is 5. The average Bonchev–Trinajstić information content (AvgIpc) is 2.75. The van der Waals surface area contributed by atoms with Crippen LogP contribution in [0.2, 0.25) is 0 Å². The zero-order valence-corrected chi connectivity index (χ0v) is 20.1. The molecule has 2 aliphatic carbocycles. The van der Waals surface area contributed by atoms with Gasteiger partial charge in [0.25, 0.3) is 0 Å². The summed E-state index contributed by atoms with van der Waals surface area (Å²) in [6, 6.07) is 3.44. The minimum Gasteiger partial charge on any atom is -0.512 e. The van der Waals surface area contributed by atoms with Gasteiger partial charge in [-0.05, 0) is 73.3 Å². The van der Waals surface area contributed by atoms with Gasteiger partial charge in [0, 0.05) is 30.3 Å². The van der Waals surface area contributed by atoms with Crippen LogP contribution < -0.4 is 4.74 Å². The van der Waals surface area contributed by atoms with Gasteiger partial charge in [0.15, 0.2) is 0 Å². The van der Waals surface area contributed by atoms with Crippen molar-refractivity contribution in [3.05, 3.63) is 46.9 Å². The van der Waals surface area contributed by atoms with E-state index in [2.05, 4.69) is 27.7 Å². The van der Waals surface area contributed by atoms with Crippen LogP contribution in [0.5, 0.6) is 11.5 Å². The Labute approximate surface area is 190 Å². The second-order valence-electron chi connectivity index (χ2n) is 11.6. The lowest BCUT2D eigenvalue weighted by atomic mass is 9.56. The minimum atomic E-state index is -0.594. The summed E-state index contributed by atoms with van der Waals surface area (Å²) in [6.45, 7) is 12.4. The number of benzene rings is 1.